The number of pyridine rings is 1. The molecule has 4 rings (SSSR count). The molecule has 2 fully saturated rings. The lowest BCUT2D eigenvalue weighted by Crippen LogP contribution is -2.39. The van der Waals surface area contributed by atoms with Crippen LogP contribution in [0.1, 0.15) is 43.2 Å². The van der Waals surface area contributed by atoms with Crippen LogP contribution in [0.4, 0.5) is 10.6 Å². The summed E-state index contributed by atoms with van der Waals surface area (Å²) < 4.78 is 0. The highest BCUT2D eigenvalue weighted by atomic mass is 16.2. The lowest BCUT2D eigenvalue weighted by atomic mass is 9.96. The third-order valence-corrected chi connectivity index (χ3v) is 5.77. The van der Waals surface area contributed by atoms with Gasteiger partial charge in [0.25, 0.3) is 0 Å². The van der Waals surface area contributed by atoms with Crippen LogP contribution in [0.5, 0.6) is 0 Å². The summed E-state index contributed by atoms with van der Waals surface area (Å²) in [4.78, 5) is 19.1. The van der Waals surface area contributed by atoms with Crippen LogP contribution in [0.3, 0.4) is 0 Å². The van der Waals surface area contributed by atoms with Crippen molar-refractivity contribution >= 4 is 11.8 Å². The predicted molar refractivity (Wildman–Crippen MR) is 108 cm³/mol. The molecule has 1 aromatic carbocycles. The average Bonchev–Trinajstić information content (AvgIpc) is 3.54. The summed E-state index contributed by atoms with van der Waals surface area (Å²) in [5.41, 5.74) is 2.48. The summed E-state index contributed by atoms with van der Waals surface area (Å²) >= 11 is 0. The summed E-state index contributed by atoms with van der Waals surface area (Å²) in [5, 5.41) is 5.98. The van der Waals surface area contributed by atoms with E-state index in [2.05, 4.69) is 56.9 Å². The fourth-order valence-electron chi connectivity index (χ4n) is 3.84. The van der Waals surface area contributed by atoms with Crippen molar-refractivity contribution in [3.8, 4) is 0 Å². The molecule has 142 valence electrons. The van der Waals surface area contributed by atoms with Gasteiger partial charge in [-0.2, -0.15) is 0 Å². The number of piperidine rings is 1. The Morgan fingerprint density at radius 2 is 1.78 bits per heavy atom. The molecule has 1 aliphatic heterocycles. The summed E-state index contributed by atoms with van der Waals surface area (Å²) in [6, 6.07) is 14.5. The number of aromatic nitrogens is 1. The van der Waals surface area contributed by atoms with Gasteiger partial charge >= 0.3 is 6.03 Å². The smallest absolute Gasteiger partial charge is 0.315 e. The van der Waals surface area contributed by atoms with E-state index in [4.69, 9.17) is 0 Å². The Morgan fingerprint density at radius 3 is 2.44 bits per heavy atom. The van der Waals surface area contributed by atoms with Gasteiger partial charge in [0.05, 0.1) is 0 Å². The monoisotopic (exact) mass is 364 g/mol. The minimum atomic E-state index is -0.114. The zero-order chi connectivity index (χ0) is 18.5. The molecule has 0 bridgehead atoms. The van der Waals surface area contributed by atoms with Gasteiger partial charge in [0, 0.05) is 37.8 Å². The summed E-state index contributed by atoms with van der Waals surface area (Å²) in [6.45, 7) is 3.37. The Labute approximate surface area is 161 Å². The normalized spacial score (nSPS) is 18.0. The first-order valence-corrected chi connectivity index (χ1v) is 10.0. The number of carbonyl (C=O) groups excluding carboxylic acids is 1. The topological polar surface area (TPSA) is 57.3 Å². The van der Waals surface area contributed by atoms with Gasteiger partial charge in [0.15, 0.2) is 0 Å². The maximum atomic E-state index is 12.2. The van der Waals surface area contributed by atoms with Gasteiger partial charge in [-0.1, -0.05) is 36.4 Å². The fraction of sp³-hybridized carbons (Fsp3) is 0.455. The van der Waals surface area contributed by atoms with Crippen molar-refractivity contribution in [2.24, 2.45) is 0 Å². The molecule has 27 heavy (non-hydrogen) atoms. The third kappa shape index (κ3) is 4.41. The molecule has 5 heteroatoms. The van der Waals surface area contributed by atoms with Crippen molar-refractivity contribution < 1.29 is 4.79 Å². The van der Waals surface area contributed by atoms with E-state index in [1.54, 1.807) is 0 Å². The van der Waals surface area contributed by atoms with Crippen molar-refractivity contribution in [3.63, 3.8) is 0 Å². The van der Waals surface area contributed by atoms with Crippen molar-refractivity contribution in [2.75, 3.05) is 24.5 Å². The molecule has 1 saturated carbocycles. The molecule has 2 aromatic rings. The van der Waals surface area contributed by atoms with Crippen LogP contribution in [-0.2, 0) is 12.0 Å². The van der Waals surface area contributed by atoms with E-state index in [0.717, 1.165) is 37.3 Å². The Hall–Kier alpha value is -2.56. The molecule has 0 radical (unpaired) electrons. The quantitative estimate of drug-likeness (QED) is 0.823. The maximum Gasteiger partial charge on any atom is 0.315 e. The number of nitrogens with one attached hydrogen (secondary N) is 2. The van der Waals surface area contributed by atoms with E-state index in [-0.39, 0.29) is 11.4 Å². The van der Waals surface area contributed by atoms with E-state index in [9.17, 15) is 4.79 Å². The van der Waals surface area contributed by atoms with Crippen molar-refractivity contribution in [1.82, 2.24) is 15.6 Å². The Kier molecular flexibility index (Phi) is 5.28. The molecule has 5 nitrogen and oxygen atoms in total. The highest BCUT2D eigenvalue weighted by Gasteiger charge is 2.44. The Morgan fingerprint density at radius 1 is 1.00 bits per heavy atom. The lowest BCUT2D eigenvalue weighted by Gasteiger charge is -2.27. The Bertz CT molecular complexity index is 750. The molecular formula is C22H28N4O. The maximum absolute atomic E-state index is 12.2. The van der Waals surface area contributed by atoms with E-state index >= 15 is 0 Å². The van der Waals surface area contributed by atoms with Gasteiger partial charge in [0.2, 0.25) is 0 Å². The second kappa shape index (κ2) is 7.99. The highest BCUT2D eigenvalue weighted by Crippen LogP contribution is 2.47. The van der Waals surface area contributed by atoms with Crippen LogP contribution in [0.15, 0.2) is 48.7 Å². The molecular weight excluding hydrogens is 336 g/mol. The van der Waals surface area contributed by atoms with E-state index in [1.165, 1.54) is 24.8 Å². The largest absolute Gasteiger partial charge is 0.357 e. The van der Waals surface area contributed by atoms with Crippen LogP contribution in [-0.4, -0.2) is 30.6 Å². The van der Waals surface area contributed by atoms with Crippen LogP contribution in [0.2, 0.25) is 0 Å². The molecule has 2 heterocycles. The fourth-order valence-corrected chi connectivity index (χ4v) is 3.84. The number of amides is 2. The van der Waals surface area contributed by atoms with Crippen molar-refractivity contribution in [3.05, 3.63) is 59.8 Å². The number of nitrogens with zero attached hydrogens (tertiary/aromatic N) is 2. The van der Waals surface area contributed by atoms with Gasteiger partial charge in [-0.05, 0) is 49.3 Å². The van der Waals surface area contributed by atoms with E-state index in [1.807, 2.05) is 12.3 Å². The van der Waals surface area contributed by atoms with Crippen molar-refractivity contribution in [1.29, 1.82) is 0 Å². The van der Waals surface area contributed by atoms with Gasteiger partial charge in [-0.3, -0.25) is 0 Å². The standard InChI is InChI=1S/C22H28N4O/c27-21(25-17-22(11-12-22)19-7-3-1-4-8-19)24-16-18-9-10-20(23-15-18)26-13-5-2-6-14-26/h1,3-4,7-10,15H,2,5-6,11-14,16-17H2,(H2,24,25,27). The molecule has 1 aliphatic carbocycles. The summed E-state index contributed by atoms with van der Waals surface area (Å²) in [7, 11) is 0. The first-order chi connectivity index (χ1) is 13.3. The molecule has 1 saturated heterocycles. The predicted octanol–water partition coefficient (Wildman–Crippen LogP) is 3.60. The van der Waals surface area contributed by atoms with Crippen molar-refractivity contribution in [2.45, 2.75) is 44.1 Å². The molecule has 2 N–H and O–H groups in total. The second-order valence-corrected chi connectivity index (χ2v) is 7.75. The molecule has 2 aliphatic rings. The first kappa shape index (κ1) is 17.8. The Balaban J connectivity index is 1.23. The molecule has 0 unspecified atom stereocenters. The van der Waals surface area contributed by atoms with Gasteiger partial charge < -0.3 is 15.5 Å². The van der Waals surface area contributed by atoms with Crippen LogP contribution >= 0.6 is 0 Å². The minimum Gasteiger partial charge on any atom is -0.357 e. The number of hydrogen-bond donors (Lipinski definition) is 2. The summed E-state index contributed by atoms with van der Waals surface area (Å²) in [5.74, 6) is 1.04. The zero-order valence-corrected chi connectivity index (χ0v) is 15.8. The van der Waals surface area contributed by atoms with Gasteiger partial charge in [-0.25, -0.2) is 9.78 Å². The molecule has 0 spiro atoms. The average molecular weight is 364 g/mol. The first-order valence-electron chi connectivity index (χ1n) is 10.0. The number of urea groups is 1. The zero-order valence-electron chi connectivity index (χ0n) is 15.8. The number of carbonyl (C=O) groups is 1. The SMILES string of the molecule is O=C(NCc1ccc(N2CCCCC2)nc1)NCC1(c2ccccc2)CC1. The van der Waals surface area contributed by atoms with Crippen LogP contribution in [0, 0.1) is 0 Å². The number of hydrogen-bond acceptors (Lipinski definition) is 3. The number of rotatable bonds is 6. The highest BCUT2D eigenvalue weighted by molar-refractivity contribution is 5.74. The summed E-state index contributed by atoms with van der Waals surface area (Å²) in [6.07, 6.45) is 7.96. The minimum absolute atomic E-state index is 0.114. The molecule has 0 atom stereocenters. The molecule has 2 amide bonds. The van der Waals surface area contributed by atoms with Crippen LogP contribution in [0.25, 0.3) is 0 Å². The van der Waals surface area contributed by atoms with E-state index < -0.39 is 0 Å². The second-order valence-electron chi connectivity index (χ2n) is 7.75. The number of anilines is 1. The third-order valence-electron chi connectivity index (χ3n) is 5.77. The van der Waals surface area contributed by atoms with Gasteiger partial charge in [-0.15, -0.1) is 0 Å². The van der Waals surface area contributed by atoms with Gasteiger partial charge in [0.1, 0.15) is 5.82 Å². The number of benzene rings is 1. The molecule has 1 aromatic heterocycles. The lowest BCUT2D eigenvalue weighted by molar-refractivity contribution is 0.239. The van der Waals surface area contributed by atoms with E-state index in [0.29, 0.717) is 13.1 Å². The van der Waals surface area contributed by atoms with Crippen LogP contribution < -0.4 is 15.5 Å².